The third kappa shape index (κ3) is 7.56. The van der Waals surface area contributed by atoms with Crippen molar-refractivity contribution in [1.82, 2.24) is 25.1 Å². The molecule has 2 fully saturated rings. The van der Waals surface area contributed by atoms with Gasteiger partial charge < -0.3 is 39.8 Å². The number of thiazole rings is 2. The highest BCUT2D eigenvalue weighted by atomic mass is 32.1. The van der Waals surface area contributed by atoms with Crippen molar-refractivity contribution in [2.75, 3.05) is 52.5 Å². The minimum Gasteiger partial charge on any atom is -0.506 e. The number of hydrogen-bond acceptors (Lipinski definition) is 11. The summed E-state index contributed by atoms with van der Waals surface area (Å²) in [6.07, 6.45) is 1.92. The molecular weight excluding hydrogens is 615 g/mol. The highest BCUT2D eigenvalue weighted by Gasteiger charge is 2.41. The molecule has 2 aromatic carbocycles. The lowest BCUT2D eigenvalue weighted by Crippen LogP contribution is -2.58. The van der Waals surface area contributed by atoms with Gasteiger partial charge in [-0.05, 0) is 49.9 Å². The number of aromatic nitrogens is 2. The predicted molar refractivity (Wildman–Crippen MR) is 174 cm³/mol. The summed E-state index contributed by atoms with van der Waals surface area (Å²) in [5.41, 5.74) is 2.31. The molecule has 2 saturated heterocycles. The Labute approximate surface area is 269 Å². The Morgan fingerprint density at radius 2 is 2.00 bits per heavy atom. The average molecular weight is 654 g/mol. The number of aromatic hydroxyl groups is 1. The Hall–Kier alpha value is -3.33. The third-order valence-electron chi connectivity index (χ3n) is 8.57. The topological polar surface area (TPSA) is 140 Å². The number of aliphatic hydroxyl groups is 1. The van der Waals surface area contributed by atoms with Crippen LogP contribution < -0.4 is 14.9 Å². The van der Waals surface area contributed by atoms with E-state index in [0.717, 1.165) is 66.6 Å². The first-order valence-electron chi connectivity index (χ1n) is 15.3. The molecule has 1 spiro atoms. The molecular formula is C32H39N5O6S2. The normalized spacial score (nSPS) is 17.6. The number of aliphatic hydroxyl groups excluding tert-OH is 1. The summed E-state index contributed by atoms with van der Waals surface area (Å²) in [5, 5.41) is 26.7. The summed E-state index contributed by atoms with van der Waals surface area (Å²) in [7, 11) is 0. The Morgan fingerprint density at radius 1 is 1.20 bits per heavy atom. The van der Waals surface area contributed by atoms with E-state index in [0.29, 0.717) is 60.9 Å². The number of aromatic amines is 1. The highest BCUT2D eigenvalue weighted by molar-refractivity contribution is 7.16. The molecule has 45 heavy (non-hydrogen) atoms. The van der Waals surface area contributed by atoms with Crippen molar-refractivity contribution in [1.29, 1.82) is 0 Å². The number of piperidine rings is 1. The minimum absolute atomic E-state index is 0.00557. The standard InChI is InChI=1S/C32H39N5O6S2/c1-21-34-25(19-44-21)30(40)37-14-16-43-32(20-37)9-12-36(13-10-32)11-2-15-42-23-5-3-22(4-6-23)17-33-18-27(39)24-7-8-26(38)28-29(24)45-31(41)35-28/h3-8,19,27,33,38-39H,2,9-18,20H2,1H3,(H,35,41). The molecule has 0 radical (unpaired) electrons. The Kier molecular flexibility index (Phi) is 9.83. The second-order valence-corrected chi connectivity index (χ2v) is 13.8. The summed E-state index contributed by atoms with van der Waals surface area (Å²) in [6.45, 7) is 8.07. The van der Waals surface area contributed by atoms with Gasteiger partial charge in [0.25, 0.3) is 5.91 Å². The first-order valence-corrected chi connectivity index (χ1v) is 17.0. The molecule has 2 aliphatic rings. The van der Waals surface area contributed by atoms with Crippen molar-refractivity contribution in [3.63, 3.8) is 0 Å². The number of carbonyl (C=O) groups is 1. The number of carbonyl (C=O) groups excluding carboxylic acids is 1. The summed E-state index contributed by atoms with van der Waals surface area (Å²) in [5.74, 6) is 0.824. The minimum atomic E-state index is -0.819. The van der Waals surface area contributed by atoms with E-state index in [4.69, 9.17) is 9.47 Å². The van der Waals surface area contributed by atoms with Crippen molar-refractivity contribution in [3.8, 4) is 11.5 Å². The fourth-order valence-electron chi connectivity index (χ4n) is 6.08. The van der Waals surface area contributed by atoms with Crippen LogP contribution in [0.3, 0.4) is 0 Å². The number of rotatable bonds is 11. The van der Waals surface area contributed by atoms with Crippen LogP contribution in [-0.2, 0) is 11.3 Å². The van der Waals surface area contributed by atoms with Crippen molar-refractivity contribution in [2.45, 2.75) is 44.4 Å². The van der Waals surface area contributed by atoms with Gasteiger partial charge in [0, 0.05) is 50.2 Å². The van der Waals surface area contributed by atoms with E-state index >= 15 is 0 Å². The second kappa shape index (κ2) is 14.0. The number of ether oxygens (including phenoxy) is 2. The maximum Gasteiger partial charge on any atom is 0.305 e. The van der Waals surface area contributed by atoms with Gasteiger partial charge in [-0.15, -0.1) is 11.3 Å². The monoisotopic (exact) mass is 653 g/mol. The number of phenolic OH excluding ortho intramolecular Hbond substituents is 1. The number of fused-ring (bicyclic) bond motifs is 1. The molecule has 11 nitrogen and oxygen atoms in total. The average Bonchev–Trinajstić information content (AvgIpc) is 3.66. The number of nitrogens with one attached hydrogen (secondary N) is 2. The van der Waals surface area contributed by atoms with E-state index in [2.05, 4.69) is 20.2 Å². The first-order chi connectivity index (χ1) is 21.8. The van der Waals surface area contributed by atoms with Gasteiger partial charge in [-0.3, -0.25) is 9.59 Å². The molecule has 6 rings (SSSR count). The van der Waals surface area contributed by atoms with E-state index in [9.17, 15) is 19.8 Å². The number of amides is 1. The van der Waals surface area contributed by atoms with E-state index in [1.54, 1.807) is 6.07 Å². The van der Waals surface area contributed by atoms with Gasteiger partial charge in [0.1, 0.15) is 22.7 Å². The van der Waals surface area contributed by atoms with Gasteiger partial charge in [-0.1, -0.05) is 29.5 Å². The molecule has 1 atom stereocenters. The van der Waals surface area contributed by atoms with E-state index in [1.807, 2.05) is 41.5 Å². The fourth-order valence-corrected chi connectivity index (χ4v) is 7.58. The molecule has 240 valence electrons. The smallest absolute Gasteiger partial charge is 0.305 e. The molecule has 2 aromatic heterocycles. The lowest BCUT2D eigenvalue weighted by molar-refractivity contribution is -0.127. The number of hydrogen-bond donors (Lipinski definition) is 4. The van der Waals surface area contributed by atoms with Crippen LogP contribution in [0.4, 0.5) is 0 Å². The Bertz CT molecular complexity index is 1660. The highest BCUT2D eigenvalue weighted by Crippen LogP contribution is 2.32. The molecule has 0 bridgehead atoms. The molecule has 4 heterocycles. The van der Waals surface area contributed by atoms with Crippen LogP contribution in [0, 0.1) is 6.92 Å². The maximum atomic E-state index is 12.9. The number of benzene rings is 2. The van der Waals surface area contributed by atoms with Crippen LogP contribution in [0.5, 0.6) is 11.5 Å². The van der Waals surface area contributed by atoms with E-state index in [-0.39, 0.29) is 22.1 Å². The van der Waals surface area contributed by atoms with E-state index in [1.165, 1.54) is 17.4 Å². The summed E-state index contributed by atoms with van der Waals surface area (Å²) in [4.78, 5) is 35.8. The number of phenols is 1. The summed E-state index contributed by atoms with van der Waals surface area (Å²) < 4.78 is 12.8. The maximum absolute atomic E-state index is 12.9. The van der Waals surface area contributed by atoms with Crippen LogP contribution in [0.25, 0.3) is 10.2 Å². The molecule has 0 saturated carbocycles. The molecule has 13 heteroatoms. The predicted octanol–water partition coefficient (Wildman–Crippen LogP) is 3.66. The zero-order chi connectivity index (χ0) is 31.4. The lowest BCUT2D eigenvalue weighted by Gasteiger charge is -2.47. The van der Waals surface area contributed by atoms with Gasteiger partial charge in [-0.2, -0.15) is 0 Å². The van der Waals surface area contributed by atoms with Gasteiger partial charge in [-0.25, -0.2) is 4.98 Å². The molecule has 4 aromatic rings. The Morgan fingerprint density at radius 3 is 2.76 bits per heavy atom. The third-order valence-corrected chi connectivity index (χ3v) is 10.3. The fraction of sp³-hybridized carbons (Fsp3) is 0.469. The number of aryl methyl sites for hydroxylation is 1. The number of H-pyrrole nitrogens is 1. The van der Waals surface area contributed by atoms with Crippen LogP contribution in [-0.4, -0.2) is 94.0 Å². The zero-order valence-corrected chi connectivity index (χ0v) is 26.9. The van der Waals surface area contributed by atoms with Gasteiger partial charge in [0.05, 0.1) is 41.2 Å². The first kappa shape index (κ1) is 31.6. The largest absolute Gasteiger partial charge is 0.506 e. The number of morpholine rings is 1. The second-order valence-electron chi connectivity index (χ2n) is 11.7. The lowest BCUT2D eigenvalue weighted by atomic mass is 9.89. The van der Waals surface area contributed by atoms with Gasteiger partial charge in [0.15, 0.2) is 0 Å². The zero-order valence-electron chi connectivity index (χ0n) is 25.3. The Balaban J connectivity index is 0.884. The van der Waals surface area contributed by atoms with Crippen molar-refractivity contribution >= 4 is 38.8 Å². The molecule has 1 unspecified atom stereocenters. The quantitative estimate of drug-likeness (QED) is 0.179. The van der Waals surface area contributed by atoms with Crippen molar-refractivity contribution in [3.05, 3.63) is 73.3 Å². The van der Waals surface area contributed by atoms with Crippen LogP contribution in [0.1, 0.15) is 52.0 Å². The SMILES string of the molecule is Cc1nc(C(=O)N2CCOC3(CCN(CCCOc4ccc(CNCC(O)c5ccc(O)c6[nH]c(=O)sc56)cc4)CC3)C2)cs1. The van der Waals surface area contributed by atoms with Crippen LogP contribution in [0.15, 0.2) is 46.6 Å². The molecule has 1 amide bonds. The van der Waals surface area contributed by atoms with Crippen molar-refractivity contribution < 1.29 is 24.5 Å². The molecule has 4 N–H and O–H groups in total. The summed E-state index contributed by atoms with van der Waals surface area (Å²) >= 11 is 2.49. The van der Waals surface area contributed by atoms with Crippen molar-refractivity contribution in [2.24, 2.45) is 0 Å². The van der Waals surface area contributed by atoms with Crippen LogP contribution >= 0.6 is 22.7 Å². The summed E-state index contributed by atoms with van der Waals surface area (Å²) in [6, 6.07) is 11.1. The molecule has 2 aliphatic heterocycles. The molecule has 0 aliphatic carbocycles. The van der Waals surface area contributed by atoms with E-state index < -0.39 is 6.10 Å². The number of nitrogens with zero attached hydrogens (tertiary/aromatic N) is 3. The van der Waals surface area contributed by atoms with Gasteiger partial charge >= 0.3 is 4.87 Å². The van der Waals surface area contributed by atoms with Gasteiger partial charge in [0.2, 0.25) is 0 Å². The van der Waals surface area contributed by atoms with Crippen LogP contribution in [0.2, 0.25) is 0 Å². The number of likely N-dealkylation sites (tertiary alicyclic amines) is 1.